The average Bonchev–Trinajstić information content (AvgIpc) is 2.74. The van der Waals surface area contributed by atoms with E-state index in [0.717, 1.165) is 10.8 Å². The predicted octanol–water partition coefficient (Wildman–Crippen LogP) is 4.45. The maximum atomic E-state index is 9.45. The molecule has 0 aliphatic heterocycles. The van der Waals surface area contributed by atoms with Crippen molar-refractivity contribution in [1.82, 2.24) is 4.98 Å². The van der Waals surface area contributed by atoms with Gasteiger partial charge < -0.3 is 9.84 Å². The first-order chi connectivity index (χ1) is 8.70. The molecule has 3 rings (SSSR count). The van der Waals surface area contributed by atoms with Gasteiger partial charge in [0.1, 0.15) is 16.7 Å². The summed E-state index contributed by atoms with van der Waals surface area (Å²) >= 11 is 7.07. The van der Waals surface area contributed by atoms with Crippen molar-refractivity contribution in [3.63, 3.8) is 0 Å². The number of ether oxygens (including phenoxy) is 1. The fraction of sp³-hybridized carbons (Fsp3) is 0. The van der Waals surface area contributed by atoms with Crippen LogP contribution >= 0.6 is 22.9 Å². The van der Waals surface area contributed by atoms with Crippen LogP contribution in [0, 0.1) is 0 Å². The number of aromatic hydroxyl groups is 1. The summed E-state index contributed by atoms with van der Waals surface area (Å²) in [5.74, 6) is 0.899. The molecule has 1 aromatic heterocycles. The second kappa shape index (κ2) is 4.48. The Bertz CT molecular complexity index is 711. The fourth-order valence-electron chi connectivity index (χ4n) is 1.66. The number of fused-ring (bicyclic) bond motifs is 1. The average molecular weight is 278 g/mol. The highest BCUT2D eigenvalue weighted by atomic mass is 35.5. The molecule has 0 bridgehead atoms. The number of hydrogen-bond donors (Lipinski definition) is 1. The van der Waals surface area contributed by atoms with Gasteiger partial charge in [-0.05, 0) is 35.0 Å². The van der Waals surface area contributed by atoms with Crippen LogP contribution < -0.4 is 4.74 Å². The Kier molecular flexibility index (Phi) is 2.81. The number of hydrogen-bond acceptors (Lipinski definition) is 4. The SMILES string of the molecule is Oc1ccc2ccc(Oc3nc(Cl)cs3)cc2c1. The third-order valence-corrected chi connectivity index (χ3v) is 3.50. The molecule has 90 valence electrons. The number of aromatic nitrogens is 1. The topological polar surface area (TPSA) is 42.4 Å². The van der Waals surface area contributed by atoms with Gasteiger partial charge >= 0.3 is 0 Å². The van der Waals surface area contributed by atoms with Crippen LogP contribution in [0.4, 0.5) is 0 Å². The Hall–Kier alpha value is -1.78. The summed E-state index contributed by atoms with van der Waals surface area (Å²) in [6.07, 6.45) is 0. The third kappa shape index (κ3) is 2.25. The minimum absolute atomic E-state index is 0.233. The second-order valence-corrected chi connectivity index (χ2v) is 4.94. The molecule has 5 heteroatoms. The van der Waals surface area contributed by atoms with Crippen molar-refractivity contribution in [3.05, 3.63) is 46.9 Å². The van der Waals surface area contributed by atoms with E-state index < -0.39 is 0 Å². The Labute approximate surface area is 112 Å². The number of halogens is 1. The molecular weight excluding hydrogens is 270 g/mol. The van der Waals surface area contributed by atoms with E-state index in [4.69, 9.17) is 16.3 Å². The van der Waals surface area contributed by atoms with Crippen LogP contribution in [0.3, 0.4) is 0 Å². The summed E-state index contributed by atoms with van der Waals surface area (Å²) < 4.78 is 5.59. The number of nitrogens with zero attached hydrogens (tertiary/aromatic N) is 1. The van der Waals surface area contributed by atoms with E-state index in [9.17, 15) is 5.11 Å². The highest BCUT2D eigenvalue weighted by Gasteiger charge is 2.04. The molecule has 18 heavy (non-hydrogen) atoms. The molecule has 0 spiro atoms. The van der Waals surface area contributed by atoms with Gasteiger partial charge in [-0.15, -0.1) is 0 Å². The Balaban J connectivity index is 1.97. The molecule has 1 heterocycles. The van der Waals surface area contributed by atoms with E-state index in [0.29, 0.717) is 16.1 Å². The van der Waals surface area contributed by atoms with E-state index in [-0.39, 0.29) is 5.75 Å². The van der Waals surface area contributed by atoms with Crippen molar-refractivity contribution in [2.24, 2.45) is 0 Å². The van der Waals surface area contributed by atoms with Crippen LogP contribution in [0.25, 0.3) is 10.8 Å². The van der Waals surface area contributed by atoms with Gasteiger partial charge in [0.2, 0.25) is 0 Å². The highest BCUT2D eigenvalue weighted by molar-refractivity contribution is 7.11. The lowest BCUT2D eigenvalue weighted by molar-refractivity contribution is 0.475. The van der Waals surface area contributed by atoms with Gasteiger partial charge in [0, 0.05) is 5.38 Å². The minimum Gasteiger partial charge on any atom is -0.508 e. The van der Waals surface area contributed by atoms with Crippen LogP contribution in [-0.2, 0) is 0 Å². The van der Waals surface area contributed by atoms with Crippen LogP contribution in [0.5, 0.6) is 16.7 Å². The van der Waals surface area contributed by atoms with E-state index >= 15 is 0 Å². The molecule has 0 fully saturated rings. The summed E-state index contributed by atoms with van der Waals surface area (Å²) in [5.41, 5.74) is 0. The summed E-state index contributed by atoms with van der Waals surface area (Å²) in [4.78, 5) is 4.02. The van der Waals surface area contributed by atoms with Crippen molar-refractivity contribution >= 4 is 33.7 Å². The molecular formula is C13H8ClNO2S. The first kappa shape index (κ1) is 11.3. The summed E-state index contributed by atoms with van der Waals surface area (Å²) in [6.45, 7) is 0. The standard InChI is InChI=1S/C13H8ClNO2S/c14-12-7-18-13(15-12)17-11-4-2-8-1-3-10(16)5-9(8)6-11/h1-7,16H. The zero-order valence-electron chi connectivity index (χ0n) is 9.13. The smallest absolute Gasteiger partial charge is 0.280 e. The van der Waals surface area contributed by atoms with Gasteiger partial charge in [-0.3, -0.25) is 0 Å². The van der Waals surface area contributed by atoms with Crippen molar-refractivity contribution in [3.8, 4) is 16.7 Å². The number of phenolic OH excluding ortho intramolecular Hbond substituents is 1. The zero-order chi connectivity index (χ0) is 12.5. The van der Waals surface area contributed by atoms with Crippen molar-refractivity contribution < 1.29 is 9.84 Å². The molecule has 2 aromatic carbocycles. The van der Waals surface area contributed by atoms with Gasteiger partial charge in [-0.1, -0.05) is 35.1 Å². The Morgan fingerprint density at radius 1 is 1.11 bits per heavy atom. The molecule has 0 amide bonds. The van der Waals surface area contributed by atoms with Crippen LogP contribution in [0.15, 0.2) is 41.8 Å². The van der Waals surface area contributed by atoms with E-state index in [1.807, 2.05) is 24.3 Å². The molecule has 0 aliphatic rings. The Morgan fingerprint density at radius 3 is 2.72 bits per heavy atom. The van der Waals surface area contributed by atoms with E-state index in [2.05, 4.69) is 4.98 Å². The third-order valence-electron chi connectivity index (χ3n) is 2.46. The summed E-state index contributed by atoms with van der Waals surface area (Å²) in [7, 11) is 0. The van der Waals surface area contributed by atoms with Crippen molar-refractivity contribution in [2.75, 3.05) is 0 Å². The normalized spacial score (nSPS) is 10.7. The molecule has 3 aromatic rings. The molecule has 0 radical (unpaired) electrons. The monoisotopic (exact) mass is 277 g/mol. The van der Waals surface area contributed by atoms with Crippen LogP contribution in [0.1, 0.15) is 0 Å². The largest absolute Gasteiger partial charge is 0.508 e. The zero-order valence-corrected chi connectivity index (χ0v) is 10.7. The second-order valence-electron chi connectivity index (χ2n) is 3.73. The highest BCUT2D eigenvalue weighted by Crippen LogP contribution is 2.30. The first-order valence-corrected chi connectivity index (χ1v) is 6.48. The maximum absolute atomic E-state index is 9.45. The van der Waals surface area contributed by atoms with Crippen LogP contribution in [-0.4, -0.2) is 10.1 Å². The number of benzene rings is 2. The summed E-state index contributed by atoms with van der Waals surface area (Å²) in [5, 5.41) is 14.0. The predicted molar refractivity (Wildman–Crippen MR) is 72.8 cm³/mol. The van der Waals surface area contributed by atoms with Gasteiger partial charge in [0.05, 0.1) is 0 Å². The lowest BCUT2D eigenvalue weighted by Gasteiger charge is -2.04. The van der Waals surface area contributed by atoms with Gasteiger partial charge in [0.25, 0.3) is 5.19 Å². The lowest BCUT2D eigenvalue weighted by atomic mass is 10.1. The van der Waals surface area contributed by atoms with Crippen molar-refractivity contribution in [2.45, 2.75) is 0 Å². The lowest BCUT2D eigenvalue weighted by Crippen LogP contribution is -1.83. The molecule has 0 aliphatic carbocycles. The first-order valence-electron chi connectivity index (χ1n) is 5.22. The molecule has 0 unspecified atom stereocenters. The minimum atomic E-state index is 0.233. The molecule has 0 saturated heterocycles. The van der Waals surface area contributed by atoms with Gasteiger partial charge in [-0.2, -0.15) is 4.98 Å². The number of rotatable bonds is 2. The molecule has 0 saturated carbocycles. The van der Waals surface area contributed by atoms with E-state index in [1.165, 1.54) is 11.3 Å². The molecule has 0 atom stereocenters. The van der Waals surface area contributed by atoms with Gasteiger partial charge in [-0.25, -0.2) is 0 Å². The van der Waals surface area contributed by atoms with Crippen molar-refractivity contribution in [1.29, 1.82) is 0 Å². The molecule has 1 N–H and O–H groups in total. The number of phenols is 1. The van der Waals surface area contributed by atoms with Gasteiger partial charge in [0.15, 0.2) is 0 Å². The maximum Gasteiger partial charge on any atom is 0.280 e. The quantitative estimate of drug-likeness (QED) is 0.752. The Morgan fingerprint density at radius 2 is 1.94 bits per heavy atom. The summed E-state index contributed by atoms with van der Waals surface area (Å²) in [6, 6.07) is 10.8. The number of thiazole rings is 1. The molecule has 3 nitrogen and oxygen atoms in total. The fourth-order valence-corrected chi connectivity index (χ4v) is 2.47. The van der Waals surface area contributed by atoms with E-state index in [1.54, 1.807) is 17.5 Å². The van der Waals surface area contributed by atoms with Crippen LogP contribution in [0.2, 0.25) is 5.15 Å².